The van der Waals surface area contributed by atoms with Crippen molar-refractivity contribution >= 4 is 43.6 Å². The highest BCUT2D eigenvalue weighted by Crippen LogP contribution is 2.52. The lowest BCUT2D eigenvalue weighted by molar-refractivity contribution is 0.130. The van der Waals surface area contributed by atoms with Crippen LogP contribution in [0.4, 0.5) is 8.78 Å². The van der Waals surface area contributed by atoms with Gasteiger partial charge in [0, 0.05) is 55.8 Å². The zero-order chi connectivity index (χ0) is 70.9. The minimum absolute atomic E-state index is 0.0102. The molecule has 2 heterocycles. The third-order valence-electron chi connectivity index (χ3n) is 19.7. The number of rotatable bonds is 15. The van der Waals surface area contributed by atoms with Gasteiger partial charge in [0.25, 0.3) is 0 Å². The van der Waals surface area contributed by atoms with E-state index in [0.29, 0.717) is 57.1 Å². The second-order valence-corrected chi connectivity index (χ2v) is 36.4. The zero-order valence-electron chi connectivity index (χ0n) is 62.8. The summed E-state index contributed by atoms with van der Waals surface area (Å²) in [5.74, 6) is -0.158. The highest BCUT2D eigenvalue weighted by Gasteiger charge is 2.35. The van der Waals surface area contributed by atoms with Gasteiger partial charge < -0.3 is 28.8 Å². The number of hydrogen-bond acceptors (Lipinski definition) is 4. The fraction of sp³-hybridized carbons (Fsp3) is 0.455. The van der Waals surface area contributed by atoms with Gasteiger partial charge in [-0.3, -0.25) is 0 Å². The first-order valence-corrected chi connectivity index (χ1v) is 35.0. The van der Waals surface area contributed by atoms with E-state index in [1.807, 2.05) is 33.8 Å². The predicted molar refractivity (Wildman–Crippen MR) is 404 cm³/mol. The van der Waals surface area contributed by atoms with Gasteiger partial charge in [0.2, 0.25) is 0 Å². The van der Waals surface area contributed by atoms with Crippen LogP contribution in [-0.2, 0) is 32.5 Å². The summed E-state index contributed by atoms with van der Waals surface area (Å²) in [7, 11) is 0. The number of hydrogen-bond donors (Lipinski definition) is 2. The van der Waals surface area contributed by atoms with Crippen molar-refractivity contribution < 1.29 is 28.5 Å². The Morgan fingerprint density at radius 1 is 0.365 bits per heavy atom. The van der Waals surface area contributed by atoms with Crippen molar-refractivity contribution in [2.24, 2.45) is 10.8 Å². The van der Waals surface area contributed by atoms with Crippen LogP contribution in [0.1, 0.15) is 244 Å². The number of nitrogens with zero attached hydrogens (tertiary/aromatic N) is 2. The molecule has 0 amide bonds. The van der Waals surface area contributed by atoms with E-state index in [-0.39, 0.29) is 49.9 Å². The standard InChI is InChI=1S/C88H110F2N2O4/c1-51(2)66-47-61(90)48-70(69-39-59(88(25,26)50-82(8,9)10)45-76(79(69)94)92-73-42-56(85(17,18)19)29-34-64(73)65-35-30-57(43-74(65)92)86(20,21)22)80(66)96-53(4)37-52(3)95-77-36-31-60(89)46-67(77)68-38-58(87(23,24)49-81(5,6)7)44-75(78(68)93)91-71-40-54(83(11,12)13)27-32-62(71)63-33-28-55(41-72(63)91)84(14,15)16/h27-36,38-48,51-53,93-94H,37,49-50H2,1-26H3/t52-,53+/m0/s1. The fourth-order valence-corrected chi connectivity index (χ4v) is 15.2. The molecule has 0 saturated heterocycles. The molecule has 0 bridgehead atoms. The molecule has 6 nitrogen and oxygen atoms in total. The largest absolute Gasteiger partial charge is 0.505 e. The molecule has 0 unspecified atom stereocenters. The average Bonchev–Trinajstić information content (AvgIpc) is 1.58. The summed E-state index contributed by atoms with van der Waals surface area (Å²) in [5, 5.41) is 31.0. The van der Waals surface area contributed by atoms with E-state index in [9.17, 15) is 10.2 Å². The van der Waals surface area contributed by atoms with Crippen LogP contribution in [0.5, 0.6) is 23.0 Å². The Kier molecular flexibility index (Phi) is 18.4. The van der Waals surface area contributed by atoms with Gasteiger partial charge in [-0.2, -0.15) is 0 Å². The van der Waals surface area contributed by atoms with Crippen LogP contribution in [0.3, 0.4) is 0 Å². The number of aromatic nitrogens is 2. The summed E-state index contributed by atoms with van der Waals surface area (Å²) in [5.41, 5.74) is 12.7. The molecule has 10 rings (SSSR count). The van der Waals surface area contributed by atoms with E-state index in [1.54, 1.807) is 12.1 Å². The second-order valence-electron chi connectivity index (χ2n) is 36.4. The SMILES string of the molecule is CC(C)c1cc(F)cc(-c2cc(C(C)(C)CC(C)(C)C)cc(-n3c4cc(C(C)(C)C)ccc4c4ccc(C(C)(C)C)cc43)c2O)c1O[C@H](C)C[C@H](C)Oc1ccc(F)cc1-c1cc(C(C)(C)CC(C)(C)C)cc(-n2c3cc(C(C)(C)C)ccc3c3ccc(C(C)(C)C)cc32)c1O. The monoisotopic (exact) mass is 1300 g/mol. The summed E-state index contributed by atoms with van der Waals surface area (Å²) in [6.07, 6.45) is 0.971. The molecule has 0 spiro atoms. The van der Waals surface area contributed by atoms with E-state index < -0.39 is 34.7 Å². The van der Waals surface area contributed by atoms with Crippen molar-refractivity contribution in [2.45, 2.75) is 250 Å². The van der Waals surface area contributed by atoms with Crippen molar-refractivity contribution in [3.05, 3.63) is 178 Å². The molecule has 0 aliphatic rings. The normalized spacial score (nSPS) is 14.1. The van der Waals surface area contributed by atoms with Gasteiger partial charge >= 0.3 is 0 Å². The molecule has 8 aromatic carbocycles. The van der Waals surface area contributed by atoms with Crippen LogP contribution in [0.15, 0.2) is 127 Å². The van der Waals surface area contributed by atoms with Gasteiger partial charge in [-0.1, -0.05) is 215 Å². The number of halogens is 2. The Hall–Kier alpha value is -7.58. The lowest BCUT2D eigenvalue weighted by Crippen LogP contribution is -2.25. The maximum Gasteiger partial charge on any atom is 0.147 e. The van der Waals surface area contributed by atoms with Crippen LogP contribution in [-0.4, -0.2) is 31.6 Å². The van der Waals surface area contributed by atoms with Crippen molar-refractivity contribution in [2.75, 3.05) is 0 Å². The number of aromatic hydroxyl groups is 2. The Balaban J connectivity index is 1.11. The first-order valence-electron chi connectivity index (χ1n) is 35.0. The quantitative estimate of drug-likeness (QED) is 0.107. The van der Waals surface area contributed by atoms with Gasteiger partial charge in [0.05, 0.1) is 45.6 Å². The Morgan fingerprint density at radius 2 is 0.708 bits per heavy atom. The lowest BCUT2D eigenvalue weighted by atomic mass is 9.71. The third-order valence-corrected chi connectivity index (χ3v) is 19.7. The number of ether oxygens (including phenoxy) is 2. The number of phenolic OH excluding ortho intramolecular Hbond substituents is 2. The van der Waals surface area contributed by atoms with Crippen LogP contribution < -0.4 is 9.47 Å². The van der Waals surface area contributed by atoms with E-state index in [1.165, 1.54) is 40.5 Å². The molecule has 2 N–H and O–H groups in total. The number of phenols is 2. The first kappa shape index (κ1) is 71.2. The average molecular weight is 1300 g/mol. The number of fused-ring (bicyclic) bond motifs is 6. The van der Waals surface area contributed by atoms with E-state index in [4.69, 9.17) is 9.47 Å². The van der Waals surface area contributed by atoms with Gasteiger partial charge in [-0.05, 0) is 188 Å². The second kappa shape index (κ2) is 24.7. The molecule has 2 aromatic heterocycles. The van der Waals surface area contributed by atoms with Gasteiger partial charge in [0.1, 0.15) is 34.6 Å². The summed E-state index contributed by atoms with van der Waals surface area (Å²) in [6, 6.07) is 42.9. The van der Waals surface area contributed by atoms with Crippen LogP contribution in [0.2, 0.25) is 0 Å². The van der Waals surface area contributed by atoms with Crippen molar-refractivity contribution in [3.63, 3.8) is 0 Å². The summed E-state index contributed by atoms with van der Waals surface area (Å²) in [6.45, 7) is 57.3. The molecule has 10 aromatic rings. The third kappa shape index (κ3) is 14.4. The minimum Gasteiger partial charge on any atom is -0.505 e. The predicted octanol–water partition coefficient (Wildman–Crippen LogP) is 25.3. The molecule has 510 valence electrons. The first-order chi connectivity index (χ1) is 44.1. The molecule has 8 heteroatoms. The van der Waals surface area contributed by atoms with Crippen LogP contribution in [0.25, 0.3) is 77.2 Å². The van der Waals surface area contributed by atoms with Crippen molar-refractivity contribution in [1.82, 2.24) is 9.13 Å². The minimum atomic E-state index is -0.524. The lowest BCUT2D eigenvalue weighted by Gasteiger charge is -2.34. The van der Waals surface area contributed by atoms with Gasteiger partial charge in [-0.15, -0.1) is 0 Å². The maximum atomic E-state index is 16.8. The van der Waals surface area contributed by atoms with Crippen molar-refractivity contribution in [1.29, 1.82) is 0 Å². The topological polar surface area (TPSA) is 68.8 Å². The molecule has 0 aliphatic carbocycles. The molecule has 96 heavy (non-hydrogen) atoms. The Bertz CT molecular complexity index is 4480. The highest BCUT2D eigenvalue weighted by molar-refractivity contribution is 6.11. The van der Waals surface area contributed by atoms with Gasteiger partial charge in [0.15, 0.2) is 0 Å². The number of benzene rings is 8. The summed E-state index contributed by atoms with van der Waals surface area (Å²) >= 11 is 0. The zero-order valence-corrected chi connectivity index (χ0v) is 62.8. The fourth-order valence-electron chi connectivity index (χ4n) is 15.2. The molecule has 0 radical (unpaired) electrons. The Labute approximate surface area is 573 Å². The molecule has 0 fully saturated rings. The summed E-state index contributed by atoms with van der Waals surface area (Å²) in [4.78, 5) is 0. The molecular formula is C88H110F2N2O4. The van der Waals surface area contributed by atoms with E-state index >= 15 is 8.78 Å². The molecular weight excluding hydrogens is 1190 g/mol. The molecule has 0 saturated carbocycles. The van der Waals surface area contributed by atoms with Crippen molar-refractivity contribution in [3.8, 4) is 56.6 Å². The molecule has 0 aliphatic heterocycles. The highest BCUT2D eigenvalue weighted by atomic mass is 19.1. The smallest absolute Gasteiger partial charge is 0.147 e. The van der Waals surface area contributed by atoms with Gasteiger partial charge in [-0.25, -0.2) is 8.78 Å². The Morgan fingerprint density at radius 3 is 1.05 bits per heavy atom. The van der Waals surface area contributed by atoms with Crippen LogP contribution in [0, 0.1) is 22.5 Å². The van der Waals surface area contributed by atoms with Crippen LogP contribution >= 0.6 is 0 Å². The van der Waals surface area contributed by atoms with E-state index in [2.05, 4.69) is 252 Å². The maximum absolute atomic E-state index is 16.8. The summed E-state index contributed by atoms with van der Waals surface area (Å²) < 4.78 is 51.8. The van der Waals surface area contributed by atoms with E-state index in [0.717, 1.165) is 67.6 Å². The molecule has 2 atom stereocenters.